The van der Waals surface area contributed by atoms with Crippen LogP contribution in [0.25, 0.3) is 0 Å². The lowest BCUT2D eigenvalue weighted by atomic mass is 9.98. The van der Waals surface area contributed by atoms with Gasteiger partial charge in [-0.3, -0.25) is 4.79 Å². The molecule has 2 aromatic heterocycles. The summed E-state index contributed by atoms with van der Waals surface area (Å²) in [5, 5.41) is 12.5. The molecule has 1 aliphatic heterocycles. The predicted octanol–water partition coefficient (Wildman–Crippen LogP) is 2.15. The Morgan fingerprint density at radius 1 is 1.17 bits per heavy atom. The van der Waals surface area contributed by atoms with Crippen molar-refractivity contribution in [3.63, 3.8) is 0 Å². The summed E-state index contributed by atoms with van der Waals surface area (Å²) in [7, 11) is 0. The van der Waals surface area contributed by atoms with E-state index in [1.54, 1.807) is 0 Å². The highest BCUT2D eigenvalue weighted by atomic mass is 16.5. The van der Waals surface area contributed by atoms with Crippen LogP contribution in [0.5, 0.6) is 0 Å². The minimum Gasteiger partial charge on any atom is -0.361 e. The Morgan fingerprint density at radius 2 is 1.91 bits per heavy atom. The van der Waals surface area contributed by atoms with E-state index in [2.05, 4.69) is 33.8 Å². The molecule has 0 radical (unpaired) electrons. The van der Waals surface area contributed by atoms with E-state index in [9.17, 15) is 4.79 Å². The van der Waals surface area contributed by atoms with Gasteiger partial charge in [-0.2, -0.15) is 0 Å². The lowest BCUT2D eigenvalue weighted by Crippen LogP contribution is -2.41. The number of hydrogen-bond acceptors (Lipinski definition) is 5. The van der Waals surface area contributed by atoms with Crippen LogP contribution in [-0.4, -0.2) is 37.3 Å². The van der Waals surface area contributed by atoms with Crippen molar-refractivity contribution in [2.45, 2.75) is 59.5 Å². The second kappa shape index (κ2) is 5.79. The molecule has 0 saturated heterocycles. The van der Waals surface area contributed by atoms with E-state index in [-0.39, 0.29) is 11.8 Å². The maximum atomic E-state index is 12.9. The van der Waals surface area contributed by atoms with Crippen molar-refractivity contribution in [3.8, 4) is 0 Å². The van der Waals surface area contributed by atoms with Gasteiger partial charge < -0.3 is 14.0 Å². The molecule has 0 fully saturated rings. The quantitative estimate of drug-likeness (QED) is 0.867. The van der Waals surface area contributed by atoms with Crippen LogP contribution in [0, 0.1) is 13.8 Å². The first-order chi connectivity index (χ1) is 10.9. The van der Waals surface area contributed by atoms with Gasteiger partial charge in [0.25, 0.3) is 0 Å². The molecule has 7 nitrogen and oxygen atoms in total. The summed E-state index contributed by atoms with van der Waals surface area (Å²) in [6.07, 6.45) is 0. The van der Waals surface area contributed by atoms with Gasteiger partial charge in [0, 0.05) is 24.6 Å². The van der Waals surface area contributed by atoms with Crippen molar-refractivity contribution in [2.75, 3.05) is 6.54 Å². The zero-order valence-corrected chi connectivity index (χ0v) is 14.3. The van der Waals surface area contributed by atoms with Crippen LogP contribution in [0.2, 0.25) is 0 Å². The molecule has 0 spiro atoms. The largest absolute Gasteiger partial charge is 0.361 e. The molecule has 0 aliphatic carbocycles. The number of amides is 1. The molecule has 0 aromatic carbocycles. The minimum atomic E-state index is -0.264. The van der Waals surface area contributed by atoms with Gasteiger partial charge in [0.05, 0.1) is 18.2 Å². The molecule has 3 rings (SSSR count). The van der Waals surface area contributed by atoms with Gasteiger partial charge >= 0.3 is 0 Å². The van der Waals surface area contributed by atoms with Crippen LogP contribution < -0.4 is 0 Å². The predicted molar refractivity (Wildman–Crippen MR) is 83.9 cm³/mol. The smallest absolute Gasteiger partial charge is 0.230 e. The Balaban J connectivity index is 1.79. The first-order valence-electron chi connectivity index (χ1n) is 8.03. The van der Waals surface area contributed by atoms with Crippen LogP contribution in [-0.2, 0) is 17.9 Å². The van der Waals surface area contributed by atoms with Gasteiger partial charge in [-0.25, -0.2) is 0 Å². The van der Waals surface area contributed by atoms with E-state index < -0.39 is 0 Å². The maximum absolute atomic E-state index is 12.9. The molecule has 2 aromatic rings. The van der Waals surface area contributed by atoms with Gasteiger partial charge in [-0.1, -0.05) is 19.0 Å². The van der Waals surface area contributed by atoms with E-state index in [0.717, 1.165) is 29.5 Å². The third-order valence-electron chi connectivity index (χ3n) is 4.50. The average Bonchev–Trinajstić information content (AvgIpc) is 3.08. The average molecular weight is 317 g/mol. The molecule has 0 bridgehead atoms. The molecule has 1 aliphatic rings. The highest BCUT2D eigenvalue weighted by Gasteiger charge is 2.31. The number of carbonyl (C=O) groups is 1. The third kappa shape index (κ3) is 2.64. The van der Waals surface area contributed by atoms with Crippen molar-refractivity contribution >= 4 is 5.91 Å². The van der Waals surface area contributed by atoms with Gasteiger partial charge in [-0.15, -0.1) is 10.2 Å². The molecule has 1 atom stereocenters. The SMILES string of the molecule is Cc1noc(C)c1[C@H](C)C(=O)N1CCn2c(nnc2C(C)C)C1. The summed E-state index contributed by atoms with van der Waals surface area (Å²) in [5.74, 6) is 2.72. The number of aryl methyl sites for hydroxylation is 2. The summed E-state index contributed by atoms with van der Waals surface area (Å²) < 4.78 is 7.33. The number of aromatic nitrogens is 4. The van der Waals surface area contributed by atoms with Crippen LogP contribution in [0.15, 0.2) is 4.52 Å². The third-order valence-corrected chi connectivity index (χ3v) is 4.50. The summed E-state index contributed by atoms with van der Waals surface area (Å²) in [4.78, 5) is 14.7. The van der Waals surface area contributed by atoms with E-state index in [1.807, 2.05) is 25.7 Å². The van der Waals surface area contributed by atoms with Crippen molar-refractivity contribution in [2.24, 2.45) is 0 Å². The second-order valence-corrected chi connectivity index (χ2v) is 6.50. The lowest BCUT2D eigenvalue weighted by Gasteiger charge is -2.30. The van der Waals surface area contributed by atoms with E-state index in [0.29, 0.717) is 24.8 Å². The Labute approximate surface area is 135 Å². The Kier molecular flexibility index (Phi) is 3.95. The standard InChI is InChI=1S/C16H23N5O2/c1-9(2)15-18-17-13-8-20(6-7-21(13)15)16(22)10(3)14-11(4)19-23-12(14)5/h9-10H,6-8H2,1-5H3/t10-/m0/s1. The normalized spacial score (nSPS) is 15.8. The van der Waals surface area contributed by atoms with Crippen molar-refractivity contribution < 1.29 is 9.32 Å². The molecule has 7 heteroatoms. The number of rotatable bonds is 3. The van der Waals surface area contributed by atoms with Gasteiger partial charge in [0.2, 0.25) is 5.91 Å². The van der Waals surface area contributed by atoms with Gasteiger partial charge in [-0.05, 0) is 20.8 Å². The Hall–Kier alpha value is -2.18. The topological polar surface area (TPSA) is 77.0 Å². The number of carbonyl (C=O) groups excluding carboxylic acids is 1. The fraction of sp³-hybridized carbons (Fsp3) is 0.625. The highest BCUT2D eigenvalue weighted by Crippen LogP contribution is 2.27. The first kappa shape index (κ1) is 15.7. The molecule has 0 unspecified atom stereocenters. The molecule has 124 valence electrons. The molecular weight excluding hydrogens is 294 g/mol. The molecule has 23 heavy (non-hydrogen) atoms. The summed E-state index contributed by atoms with van der Waals surface area (Å²) in [6.45, 7) is 11.8. The zero-order valence-electron chi connectivity index (χ0n) is 14.3. The second-order valence-electron chi connectivity index (χ2n) is 6.50. The van der Waals surface area contributed by atoms with E-state index in [1.165, 1.54) is 0 Å². The molecule has 0 saturated carbocycles. The van der Waals surface area contributed by atoms with Gasteiger partial charge in [0.1, 0.15) is 11.6 Å². The number of nitrogens with zero attached hydrogens (tertiary/aromatic N) is 5. The van der Waals surface area contributed by atoms with Crippen LogP contribution in [0.1, 0.15) is 61.3 Å². The molecule has 0 N–H and O–H groups in total. The molecular formula is C16H23N5O2. The van der Waals surface area contributed by atoms with Crippen molar-refractivity contribution in [1.82, 2.24) is 24.8 Å². The fourth-order valence-corrected chi connectivity index (χ4v) is 3.30. The van der Waals surface area contributed by atoms with Gasteiger partial charge in [0.15, 0.2) is 5.82 Å². The van der Waals surface area contributed by atoms with Crippen molar-refractivity contribution in [1.29, 1.82) is 0 Å². The first-order valence-corrected chi connectivity index (χ1v) is 8.03. The Bertz CT molecular complexity index is 711. The van der Waals surface area contributed by atoms with Crippen LogP contribution >= 0.6 is 0 Å². The number of fused-ring (bicyclic) bond motifs is 1. The number of hydrogen-bond donors (Lipinski definition) is 0. The maximum Gasteiger partial charge on any atom is 0.230 e. The summed E-state index contributed by atoms with van der Waals surface area (Å²) in [6, 6.07) is 0. The molecule has 1 amide bonds. The summed E-state index contributed by atoms with van der Waals surface area (Å²) >= 11 is 0. The van der Waals surface area contributed by atoms with Crippen LogP contribution in [0.3, 0.4) is 0 Å². The van der Waals surface area contributed by atoms with E-state index >= 15 is 0 Å². The van der Waals surface area contributed by atoms with Crippen molar-refractivity contribution in [3.05, 3.63) is 28.7 Å². The monoisotopic (exact) mass is 317 g/mol. The summed E-state index contributed by atoms with van der Waals surface area (Å²) in [5.41, 5.74) is 1.68. The zero-order chi connectivity index (χ0) is 16.7. The lowest BCUT2D eigenvalue weighted by molar-refractivity contribution is -0.134. The van der Waals surface area contributed by atoms with E-state index in [4.69, 9.17) is 4.52 Å². The van der Waals surface area contributed by atoms with Crippen LogP contribution in [0.4, 0.5) is 0 Å². The highest BCUT2D eigenvalue weighted by molar-refractivity contribution is 5.83. The Morgan fingerprint density at radius 3 is 2.52 bits per heavy atom. The fourth-order valence-electron chi connectivity index (χ4n) is 3.30. The molecule has 3 heterocycles. The minimum absolute atomic E-state index is 0.0831.